The molecule has 0 N–H and O–H groups in total. The van der Waals surface area contributed by atoms with Gasteiger partial charge in [0, 0.05) is 65.0 Å². The van der Waals surface area contributed by atoms with Crippen molar-refractivity contribution in [3.05, 3.63) is 119 Å². The molecule has 0 unspecified atom stereocenters. The van der Waals surface area contributed by atoms with Crippen molar-refractivity contribution in [1.82, 2.24) is 0 Å². The normalized spacial score (nSPS) is 18.3. The van der Waals surface area contributed by atoms with Crippen LogP contribution in [-0.4, -0.2) is 66.8 Å². The minimum absolute atomic E-state index is 0.162. The van der Waals surface area contributed by atoms with Gasteiger partial charge in [-0.25, -0.2) is 0 Å². The Morgan fingerprint density at radius 3 is 1.72 bits per heavy atom. The first kappa shape index (κ1) is 33.8. The van der Waals surface area contributed by atoms with Crippen LogP contribution in [0.2, 0.25) is 0 Å². The molecule has 0 atom stereocenters. The number of nitrogens with zero attached hydrogens (tertiary/aromatic N) is 2. The Morgan fingerprint density at radius 2 is 1.19 bits per heavy atom. The van der Waals surface area contributed by atoms with E-state index in [2.05, 4.69) is 121 Å². The zero-order valence-electron chi connectivity index (χ0n) is 31.2. The fraction of sp³-hybridized carbons (Fsp3) is 0.348. The monoisotopic (exact) mass is 708 g/mol. The van der Waals surface area contributed by atoms with Gasteiger partial charge in [0.1, 0.15) is 5.75 Å². The number of benzene rings is 5. The quantitative estimate of drug-likeness (QED) is 0.160. The SMILES string of the molecule is CCC1(CC)c2ccccc2-c2c1c1c(c3cc(OC)c(OC)cc23)OC(c2ccc(N3CCOCC3)cc2)(c2ccc(N3CCOCC3)cc2)C=C1. The molecule has 3 aliphatic heterocycles. The van der Waals surface area contributed by atoms with Crippen molar-refractivity contribution < 1.29 is 23.7 Å². The van der Waals surface area contributed by atoms with E-state index < -0.39 is 5.60 Å². The van der Waals surface area contributed by atoms with Gasteiger partial charge in [0.2, 0.25) is 0 Å². The van der Waals surface area contributed by atoms with E-state index in [1.807, 2.05) is 0 Å². The molecule has 0 amide bonds. The molecule has 1 aliphatic carbocycles. The molecule has 0 bridgehead atoms. The zero-order chi connectivity index (χ0) is 36.2. The highest BCUT2D eigenvalue weighted by Crippen LogP contribution is 2.61. The summed E-state index contributed by atoms with van der Waals surface area (Å²) >= 11 is 0. The van der Waals surface area contributed by atoms with Gasteiger partial charge in [-0.2, -0.15) is 0 Å². The average Bonchev–Trinajstić information content (AvgIpc) is 3.54. The molecule has 53 heavy (non-hydrogen) atoms. The lowest BCUT2D eigenvalue weighted by Crippen LogP contribution is -2.37. The van der Waals surface area contributed by atoms with Crippen molar-refractivity contribution in [1.29, 1.82) is 0 Å². The van der Waals surface area contributed by atoms with E-state index in [1.54, 1.807) is 14.2 Å². The maximum absolute atomic E-state index is 7.70. The Hall–Kier alpha value is -4.98. The molecule has 4 aliphatic rings. The Kier molecular flexibility index (Phi) is 8.59. The van der Waals surface area contributed by atoms with Crippen LogP contribution in [-0.2, 0) is 20.5 Å². The highest BCUT2D eigenvalue weighted by Gasteiger charge is 2.47. The van der Waals surface area contributed by atoms with E-state index in [1.165, 1.54) is 33.6 Å². The number of morpholine rings is 2. The molecule has 5 aromatic carbocycles. The third-order valence-electron chi connectivity index (χ3n) is 12.3. The first-order chi connectivity index (χ1) is 26.0. The van der Waals surface area contributed by atoms with Crippen LogP contribution in [0.25, 0.3) is 28.0 Å². The van der Waals surface area contributed by atoms with Gasteiger partial charge in [0.25, 0.3) is 0 Å². The maximum atomic E-state index is 7.70. The standard InChI is InChI=1S/C46H48N2O5/c1-5-45(6-2)39-10-8-7-9-35(39)42-37-29-40(49-3)41(50-4)30-38(37)44-36(43(42)45)19-20-46(53-44,31-11-15-33(16-12-31)47-21-25-51-26-22-47)32-13-17-34(18-14-32)48-23-27-52-28-24-48/h7-20,29-30H,5-6,21-28H2,1-4H3. The highest BCUT2D eigenvalue weighted by atomic mass is 16.5. The van der Waals surface area contributed by atoms with Gasteiger partial charge >= 0.3 is 0 Å². The second-order valence-electron chi connectivity index (χ2n) is 14.5. The lowest BCUT2D eigenvalue weighted by molar-refractivity contribution is 0.122. The van der Waals surface area contributed by atoms with Crippen LogP contribution in [0.3, 0.4) is 0 Å². The lowest BCUT2D eigenvalue weighted by Gasteiger charge is -2.40. The van der Waals surface area contributed by atoms with E-state index in [4.69, 9.17) is 23.7 Å². The fourth-order valence-electron chi connectivity index (χ4n) is 9.44. The smallest absolute Gasteiger partial charge is 0.178 e. The van der Waals surface area contributed by atoms with E-state index in [0.717, 1.165) is 98.7 Å². The van der Waals surface area contributed by atoms with Crippen molar-refractivity contribution in [3.8, 4) is 28.4 Å². The van der Waals surface area contributed by atoms with Gasteiger partial charge in [-0.3, -0.25) is 0 Å². The maximum Gasteiger partial charge on any atom is 0.178 e. The molecular formula is C46H48N2O5. The number of hydrogen-bond acceptors (Lipinski definition) is 7. The molecule has 0 spiro atoms. The number of hydrogen-bond donors (Lipinski definition) is 0. The number of rotatable bonds is 8. The molecule has 7 heteroatoms. The highest BCUT2D eigenvalue weighted by molar-refractivity contribution is 6.09. The summed E-state index contributed by atoms with van der Waals surface area (Å²) in [6.45, 7) is 11.2. The predicted octanol–water partition coefficient (Wildman–Crippen LogP) is 8.97. The summed E-state index contributed by atoms with van der Waals surface area (Å²) in [5.74, 6) is 2.26. The van der Waals surface area contributed by atoms with Crippen LogP contribution in [0.15, 0.2) is 91.0 Å². The Balaban J connectivity index is 1.28. The second kappa shape index (κ2) is 13.5. The summed E-state index contributed by atoms with van der Waals surface area (Å²) in [6, 6.07) is 31.1. The number of methoxy groups -OCH3 is 2. The Bertz CT molecular complexity index is 2110. The largest absolute Gasteiger partial charge is 0.493 e. The summed E-state index contributed by atoms with van der Waals surface area (Å²) in [6.07, 6.45) is 6.60. The third-order valence-corrected chi connectivity index (χ3v) is 12.3. The summed E-state index contributed by atoms with van der Waals surface area (Å²) in [4.78, 5) is 4.79. The van der Waals surface area contributed by atoms with Crippen LogP contribution in [0.1, 0.15) is 54.5 Å². The summed E-state index contributed by atoms with van der Waals surface area (Å²) in [7, 11) is 3.42. The second-order valence-corrected chi connectivity index (χ2v) is 14.5. The first-order valence-corrected chi connectivity index (χ1v) is 19.2. The van der Waals surface area contributed by atoms with E-state index in [9.17, 15) is 0 Å². The van der Waals surface area contributed by atoms with E-state index in [0.29, 0.717) is 11.5 Å². The average molecular weight is 709 g/mol. The van der Waals surface area contributed by atoms with Crippen molar-refractivity contribution in [2.75, 3.05) is 76.6 Å². The molecule has 0 aromatic heterocycles. The molecule has 0 saturated carbocycles. The first-order valence-electron chi connectivity index (χ1n) is 19.2. The summed E-state index contributed by atoms with van der Waals surface area (Å²) in [5.41, 5.74) is 9.91. The minimum Gasteiger partial charge on any atom is -0.493 e. The molecular weight excluding hydrogens is 661 g/mol. The van der Waals surface area contributed by atoms with E-state index in [-0.39, 0.29) is 5.41 Å². The van der Waals surface area contributed by atoms with Crippen LogP contribution in [0.4, 0.5) is 11.4 Å². The molecule has 3 heterocycles. The van der Waals surface area contributed by atoms with Crippen LogP contribution in [0, 0.1) is 0 Å². The zero-order valence-corrected chi connectivity index (χ0v) is 31.2. The molecule has 0 radical (unpaired) electrons. The molecule has 2 saturated heterocycles. The van der Waals surface area contributed by atoms with Gasteiger partial charge in [0.05, 0.1) is 40.6 Å². The van der Waals surface area contributed by atoms with E-state index >= 15 is 0 Å². The van der Waals surface area contributed by atoms with Crippen molar-refractivity contribution in [2.45, 2.75) is 37.7 Å². The fourth-order valence-corrected chi connectivity index (χ4v) is 9.44. The topological polar surface area (TPSA) is 52.6 Å². The van der Waals surface area contributed by atoms with Gasteiger partial charge in [-0.1, -0.05) is 68.5 Å². The van der Waals surface area contributed by atoms with Gasteiger partial charge < -0.3 is 33.5 Å². The van der Waals surface area contributed by atoms with Crippen LogP contribution < -0.4 is 24.0 Å². The number of anilines is 2. The Labute approximate surface area is 312 Å². The van der Waals surface area contributed by atoms with Gasteiger partial charge in [-0.15, -0.1) is 0 Å². The number of ether oxygens (including phenoxy) is 5. The van der Waals surface area contributed by atoms with Crippen molar-refractivity contribution in [3.63, 3.8) is 0 Å². The summed E-state index contributed by atoms with van der Waals surface area (Å²) in [5, 5.41) is 2.12. The lowest BCUT2D eigenvalue weighted by atomic mass is 9.71. The predicted molar refractivity (Wildman–Crippen MR) is 213 cm³/mol. The number of fused-ring (bicyclic) bond motifs is 8. The molecule has 2 fully saturated rings. The third kappa shape index (κ3) is 5.23. The van der Waals surface area contributed by atoms with Gasteiger partial charge in [-0.05, 0) is 83.0 Å². The molecule has 7 nitrogen and oxygen atoms in total. The van der Waals surface area contributed by atoms with Crippen molar-refractivity contribution in [2.24, 2.45) is 0 Å². The van der Waals surface area contributed by atoms with Crippen LogP contribution in [0.5, 0.6) is 17.2 Å². The van der Waals surface area contributed by atoms with Crippen LogP contribution >= 0.6 is 0 Å². The minimum atomic E-state index is -0.888. The van der Waals surface area contributed by atoms with Crippen molar-refractivity contribution >= 4 is 28.2 Å². The summed E-state index contributed by atoms with van der Waals surface area (Å²) < 4.78 is 30.9. The molecule has 9 rings (SSSR count). The van der Waals surface area contributed by atoms with Gasteiger partial charge in [0.15, 0.2) is 17.1 Å². The molecule has 272 valence electrons. The Morgan fingerprint density at radius 1 is 0.660 bits per heavy atom. The molecule has 5 aromatic rings.